The molecule has 1 aromatic heterocycles. The van der Waals surface area contributed by atoms with Gasteiger partial charge in [0.1, 0.15) is 30.6 Å². The molecule has 0 bridgehead atoms. The van der Waals surface area contributed by atoms with E-state index in [1.54, 1.807) is 12.1 Å². The van der Waals surface area contributed by atoms with Gasteiger partial charge in [0, 0.05) is 16.9 Å². The minimum Gasteiger partial charge on any atom is -0.486 e. The average Bonchev–Trinajstić information content (AvgIpc) is 3.19. The summed E-state index contributed by atoms with van der Waals surface area (Å²) in [5.74, 6) is 2.09. The number of ether oxygens (including phenoxy) is 3. The fourth-order valence-electron chi connectivity index (χ4n) is 2.80. The van der Waals surface area contributed by atoms with E-state index in [9.17, 15) is 4.79 Å². The van der Waals surface area contributed by atoms with E-state index < -0.39 is 0 Å². The highest BCUT2D eigenvalue weighted by atomic mass is 35.5. The Hall–Kier alpha value is -2.77. The fraction of sp³-hybridized carbons (Fsp3) is 0.238. The van der Waals surface area contributed by atoms with Gasteiger partial charge in [0.05, 0.1) is 12.1 Å². The predicted molar refractivity (Wildman–Crippen MR) is 111 cm³/mol. The van der Waals surface area contributed by atoms with Crippen molar-refractivity contribution in [1.29, 1.82) is 0 Å². The van der Waals surface area contributed by atoms with Crippen molar-refractivity contribution in [3.63, 3.8) is 0 Å². The summed E-state index contributed by atoms with van der Waals surface area (Å²) in [6.45, 7) is 1.87. The predicted octanol–water partition coefficient (Wildman–Crippen LogP) is 4.01. The molecule has 29 heavy (non-hydrogen) atoms. The first-order valence-corrected chi connectivity index (χ1v) is 10.4. The van der Waals surface area contributed by atoms with Gasteiger partial charge < -0.3 is 19.5 Å². The maximum absolute atomic E-state index is 12.2. The molecule has 1 aliphatic heterocycles. The van der Waals surface area contributed by atoms with E-state index >= 15 is 0 Å². The van der Waals surface area contributed by atoms with Crippen molar-refractivity contribution in [1.82, 2.24) is 10.3 Å². The van der Waals surface area contributed by atoms with Crippen LogP contribution >= 0.6 is 22.9 Å². The molecule has 3 aromatic rings. The van der Waals surface area contributed by atoms with Crippen LogP contribution in [0.15, 0.2) is 47.8 Å². The first kappa shape index (κ1) is 19.5. The maximum atomic E-state index is 12.2. The molecule has 1 amide bonds. The summed E-state index contributed by atoms with van der Waals surface area (Å²) in [7, 11) is 0. The average molecular weight is 431 g/mol. The highest BCUT2D eigenvalue weighted by molar-refractivity contribution is 7.09. The van der Waals surface area contributed by atoms with Crippen LogP contribution in [0.3, 0.4) is 0 Å². The Morgan fingerprint density at radius 1 is 1.14 bits per heavy atom. The lowest BCUT2D eigenvalue weighted by atomic mass is 10.2. The third kappa shape index (κ3) is 5.40. The fourth-order valence-corrected chi connectivity index (χ4v) is 3.63. The van der Waals surface area contributed by atoms with Gasteiger partial charge in [-0.05, 0) is 42.0 Å². The largest absolute Gasteiger partial charge is 0.486 e. The third-order valence-electron chi connectivity index (χ3n) is 4.21. The van der Waals surface area contributed by atoms with E-state index in [1.807, 2.05) is 35.7 Å². The Kier molecular flexibility index (Phi) is 6.17. The van der Waals surface area contributed by atoms with Crippen LogP contribution in [-0.2, 0) is 24.4 Å². The molecule has 1 N–H and O–H groups in total. The summed E-state index contributed by atoms with van der Waals surface area (Å²) in [6.07, 6.45) is 0.224. The molecule has 4 rings (SSSR count). The first-order valence-electron chi connectivity index (χ1n) is 9.12. The number of aromatic nitrogens is 1. The van der Waals surface area contributed by atoms with Crippen molar-refractivity contribution in [3.05, 3.63) is 69.1 Å². The van der Waals surface area contributed by atoms with Crippen molar-refractivity contribution in [2.24, 2.45) is 0 Å². The van der Waals surface area contributed by atoms with Crippen molar-refractivity contribution in [2.75, 3.05) is 13.2 Å². The van der Waals surface area contributed by atoms with Crippen molar-refractivity contribution >= 4 is 28.8 Å². The molecule has 0 radical (unpaired) electrons. The number of carbonyl (C=O) groups excluding carboxylic acids is 1. The minimum absolute atomic E-state index is 0.0876. The highest BCUT2D eigenvalue weighted by Crippen LogP contribution is 2.30. The molecular formula is C21H19ClN2O4S. The first-order chi connectivity index (χ1) is 14.2. The van der Waals surface area contributed by atoms with E-state index in [0.717, 1.165) is 27.8 Å². The lowest BCUT2D eigenvalue weighted by Crippen LogP contribution is -2.25. The van der Waals surface area contributed by atoms with Crippen molar-refractivity contribution in [3.8, 4) is 17.2 Å². The molecule has 2 aromatic carbocycles. The van der Waals surface area contributed by atoms with Gasteiger partial charge in [-0.3, -0.25) is 4.79 Å². The maximum Gasteiger partial charge on any atom is 0.226 e. The number of hydrogen-bond acceptors (Lipinski definition) is 6. The molecule has 0 spiro atoms. The van der Waals surface area contributed by atoms with Gasteiger partial charge in [0.2, 0.25) is 5.91 Å². The zero-order valence-electron chi connectivity index (χ0n) is 15.5. The Labute approximate surface area is 177 Å². The molecular weight excluding hydrogens is 412 g/mol. The number of rotatable bonds is 7. The number of amides is 1. The zero-order chi connectivity index (χ0) is 20.1. The second-order valence-corrected chi connectivity index (χ2v) is 7.79. The normalized spacial score (nSPS) is 12.4. The summed E-state index contributed by atoms with van der Waals surface area (Å²) in [4.78, 5) is 16.7. The molecule has 0 saturated heterocycles. The third-order valence-corrected chi connectivity index (χ3v) is 5.34. The molecule has 1 aliphatic rings. The van der Waals surface area contributed by atoms with Crippen LogP contribution in [0, 0.1) is 0 Å². The number of carbonyl (C=O) groups is 1. The van der Waals surface area contributed by atoms with Crippen LogP contribution in [0.4, 0.5) is 0 Å². The van der Waals surface area contributed by atoms with Crippen molar-refractivity contribution in [2.45, 2.75) is 19.6 Å². The minimum atomic E-state index is -0.0876. The Morgan fingerprint density at radius 2 is 1.93 bits per heavy atom. The van der Waals surface area contributed by atoms with Gasteiger partial charge in [-0.2, -0.15) is 0 Å². The Morgan fingerprint density at radius 3 is 2.76 bits per heavy atom. The second-order valence-electron chi connectivity index (χ2n) is 6.41. The molecule has 0 atom stereocenters. The molecule has 0 saturated carbocycles. The van der Waals surface area contributed by atoms with Crippen LogP contribution in [0.25, 0.3) is 0 Å². The van der Waals surface area contributed by atoms with Gasteiger partial charge in [-0.15, -0.1) is 11.3 Å². The van der Waals surface area contributed by atoms with E-state index in [4.69, 9.17) is 25.8 Å². The van der Waals surface area contributed by atoms with Crippen LogP contribution in [0.2, 0.25) is 5.02 Å². The number of halogens is 1. The molecule has 0 aliphatic carbocycles. The number of hydrogen-bond donors (Lipinski definition) is 1. The number of benzene rings is 2. The molecule has 0 fully saturated rings. The van der Waals surface area contributed by atoms with Gasteiger partial charge >= 0.3 is 0 Å². The van der Waals surface area contributed by atoms with Gasteiger partial charge in [-0.25, -0.2) is 4.98 Å². The monoisotopic (exact) mass is 430 g/mol. The molecule has 0 unspecified atom stereocenters. The number of nitrogens with one attached hydrogen (secondary N) is 1. The number of nitrogens with zero attached hydrogens (tertiary/aromatic N) is 1. The lowest BCUT2D eigenvalue weighted by molar-refractivity contribution is -0.120. The van der Waals surface area contributed by atoms with Gasteiger partial charge in [0.15, 0.2) is 11.5 Å². The van der Waals surface area contributed by atoms with E-state index in [0.29, 0.717) is 37.1 Å². The quantitative estimate of drug-likeness (QED) is 0.613. The highest BCUT2D eigenvalue weighted by Gasteiger charge is 2.13. The molecule has 150 valence electrons. The van der Waals surface area contributed by atoms with E-state index in [1.165, 1.54) is 11.3 Å². The van der Waals surface area contributed by atoms with Gasteiger partial charge in [0.25, 0.3) is 0 Å². The Balaban J connectivity index is 1.25. The standard InChI is InChI=1S/C21H19ClN2O4S/c22-15-2-4-17(5-3-15)28-12-21-24-16(13-29-21)10-20(25)23-11-14-1-6-18-19(9-14)27-8-7-26-18/h1-6,9,13H,7-8,10-12H2,(H,23,25). The molecule has 2 heterocycles. The SMILES string of the molecule is O=C(Cc1csc(COc2ccc(Cl)cc2)n1)NCc1ccc2c(c1)OCCO2. The summed E-state index contributed by atoms with van der Waals surface area (Å²) in [5.41, 5.74) is 1.68. The van der Waals surface area contributed by atoms with E-state index in [2.05, 4.69) is 10.3 Å². The van der Waals surface area contributed by atoms with E-state index in [-0.39, 0.29) is 12.3 Å². The molecule has 6 nitrogen and oxygen atoms in total. The van der Waals surface area contributed by atoms with Crippen LogP contribution in [0.1, 0.15) is 16.3 Å². The number of fused-ring (bicyclic) bond motifs is 1. The topological polar surface area (TPSA) is 69.7 Å². The van der Waals surface area contributed by atoms with Crippen LogP contribution < -0.4 is 19.5 Å². The van der Waals surface area contributed by atoms with Crippen LogP contribution in [-0.4, -0.2) is 24.1 Å². The van der Waals surface area contributed by atoms with Gasteiger partial charge in [-0.1, -0.05) is 17.7 Å². The summed E-state index contributed by atoms with van der Waals surface area (Å²) in [6, 6.07) is 12.8. The smallest absolute Gasteiger partial charge is 0.226 e. The second kappa shape index (κ2) is 9.15. The zero-order valence-corrected chi connectivity index (χ0v) is 17.1. The summed E-state index contributed by atoms with van der Waals surface area (Å²) < 4.78 is 16.8. The van der Waals surface area contributed by atoms with Crippen molar-refractivity contribution < 1.29 is 19.0 Å². The summed E-state index contributed by atoms with van der Waals surface area (Å²) >= 11 is 7.33. The van der Waals surface area contributed by atoms with Crippen LogP contribution in [0.5, 0.6) is 17.2 Å². The Bertz CT molecular complexity index is 991. The number of thiazole rings is 1. The molecule has 8 heteroatoms. The lowest BCUT2D eigenvalue weighted by Gasteiger charge is -2.18. The summed E-state index contributed by atoms with van der Waals surface area (Å²) in [5, 5.41) is 6.27.